The zero-order valence-corrected chi connectivity index (χ0v) is 13.2. The van der Waals surface area contributed by atoms with E-state index in [1.807, 2.05) is 0 Å². The van der Waals surface area contributed by atoms with Crippen LogP contribution < -0.4 is 10.1 Å². The molecule has 0 saturated carbocycles. The summed E-state index contributed by atoms with van der Waals surface area (Å²) < 4.78 is 45.6. The third-order valence-electron chi connectivity index (χ3n) is 3.98. The van der Waals surface area contributed by atoms with Crippen molar-refractivity contribution in [1.29, 1.82) is 0 Å². The summed E-state index contributed by atoms with van der Waals surface area (Å²) in [5.74, 6) is -3.25. The molecule has 2 aromatic carbocycles. The van der Waals surface area contributed by atoms with Crippen LogP contribution in [0.1, 0.15) is 35.2 Å². The fourth-order valence-corrected chi connectivity index (χ4v) is 2.87. The van der Waals surface area contributed by atoms with E-state index in [2.05, 4.69) is 5.32 Å². The summed E-state index contributed by atoms with van der Waals surface area (Å²) in [4.78, 5) is 23.9. The Morgan fingerprint density at radius 3 is 2.68 bits per heavy atom. The first-order chi connectivity index (χ1) is 11.9. The van der Waals surface area contributed by atoms with Gasteiger partial charge in [-0.2, -0.15) is 0 Å². The fourth-order valence-electron chi connectivity index (χ4n) is 2.87. The summed E-state index contributed by atoms with van der Waals surface area (Å²) in [6.45, 7) is 1.23. The Kier molecular flexibility index (Phi) is 4.48. The van der Waals surface area contributed by atoms with E-state index >= 15 is 0 Å². The zero-order valence-electron chi connectivity index (χ0n) is 13.2. The second-order valence-electron chi connectivity index (χ2n) is 5.82. The number of anilines is 1. The van der Waals surface area contributed by atoms with Crippen LogP contribution in [0, 0.1) is 17.5 Å². The molecule has 1 atom stereocenters. The van der Waals surface area contributed by atoms with E-state index in [0.717, 1.165) is 12.1 Å². The number of halogens is 3. The van der Waals surface area contributed by atoms with Crippen LogP contribution >= 0.6 is 0 Å². The molecule has 0 saturated heterocycles. The van der Waals surface area contributed by atoms with E-state index in [-0.39, 0.29) is 40.7 Å². The quantitative estimate of drug-likeness (QED) is 0.913. The number of fused-ring (bicyclic) bond motifs is 1. The molecule has 1 unspecified atom stereocenters. The number of carbonyl (C=O) groups is 2. The molecule has 0 heterocycles. The maximum absolute atomic E-state index is 13.9. The predicted molar refractivity (Wildman–Crippen MR) is 84.2 cm³/mol. The number of amides is 1. The highest BCUT2D eigenvalue weighted by molar-refractivity contribution is 6.04. The van der Waals surface area contributed by atoms with Gasteiger partial charge < -0.3 is 10.1 Å². The lowest BCUT2D eigenvalue weighted by atomic mass is 10.0. The van der Waals surface area contributed by atoms with Crippen molar-refractivity contribution < 1.29 is 27.5 Å². The van der Waals surface area contributed by atoms with Crippen LogP contribution in [0.5, 0.6) is 5.75 Å². The maximum Gasteiger partial charge on any atom is 0.262 e. The van der Waals surface area contributed by atoms with Gasteiger partial charge in [0.15, 0.2) is 12.4 Å². The number of hydrogen-bond acceptors (Lipinski definition) is 3. The van der Waals surface area contributed by atoms with Gasteiger partial charge in [-0.3, -0.25) is 9.59 Å². The third-order valence-corrected chi connectivity index (χ3v) is 3.98. The van der Waals surface area contributed by atoms with Crippen LogP contribution in [0.25, 0.3) is 0 Å². The molecule has 3 rings (SSSR count). The van der Waals surface area contributed by atoms with Gasteiger partial charge in [0.05, 0.1) is 11.3 Å². The van der Waals surface area contributed by atoms with Crippen molar-refractivity contribution >= 4 is 17.4 Å². The average Bonchev–Trinajstić information content (AvgIpc) is 2.85. The highest BCUT2D eigenvalue weighted by atomic mass is 19.1. The van der Waals surface area contributed by atoms with Gasteiger partial charge in [0, 0.05) is 18.1 Å². The Labute approximate surface area is 141 Å². The van der Waals surface area contributed by atoms with Gasteiger partial charge in [-0.25, -0.2) is 13.2 Å². The molecule has 130 valence electrons. The molecule has 2 aromatic rings. The fraction of sp³-hybridized carbons (Fsp3) is 0.222. The highest BCUT2D eigenvalue weighted by Crippen LogP contribution is 2.39. The number of carbonyl (C=O) groups excluding carboxylic acids is 2. The van der Waals surface area contributed by atoms with E-state index in [4.69, 9.17) is 4.74 Å². The van der Waals surface area contributed by atoms with Crippen LogP contribution in [0.2, 0.25) is 0 Å². The van der Waals surface area contributed by atoms with Gasteiger partial charge in [-0.05, 0) is 30.2 Å². The minimum Gasteiger partial charge on any atom is -0.483 e. The molecular weight excluding hydrogens is 335 g/mol. The standard InChI is InChI=1S/C18H14F3NO3/c1-9-6-14(23)18-15(5-3-11(20)17(9)18)25-8-16(24)22-13-4-2-10(19)7-12(13)21/h2-5,7,9H,6,8H2,1H3,(H,22,24). The van der Waals surface area contributed by atoms with Gasteiger partial charge in [-0.1, -0.05) is 6.92 Å². The summed E-state index contributed by atoms with van der Waals surface area (Å²) in [5, 5.41) is 2.24. The van der Waals surface area contributed by atoms with E-state index in [1.165, 1.54) is 12.1 Å². The molecule has 0 aromatic heterocycles. The number of nitrogens with one attached hydrogen (secondary N) is 1. The molecule has 0 aliphatic heterocycles. The highest BCUT2D eigenvalue weighted by Gasteiger charge is 2.32. The Morgan fingerprint density at radius 2 is 1.96 bits per heavy atom. The number of Topliss-reactive ketones (excluding diaryl/α,β-unsaturated/α-hetero) is 1. The molecule has 1 aliphatic rings. The predicted octanol–water partition coefficient (Wildman–Crippen LogP) is 3.81. The number of benzene rings is 2. The second kappa shape index (κ2) is 6.58. The molecule has 0 bridgehead atoms. The minimum atomic E-state index is -0.917. The summed E-state index contributed by atoms with van der Waals surface area (Å²) in [6.07, 6.45) is 0.180. The average molecular weight is 349 g/mol. The van der Waals surface area contributed by atoms with Gasteiger partial charge in [0.1, 0.15) is 23.2 Å². The van der Waals surface area contributed by atoms with Crippen molar-refractivity contribution in [2.75, 3.05) is 11.9 Å². The van der Waals surface area contributed by atoms with Crippen molar-refractivity contribution in [2.24, 2.45) is 0 Å². The molecule has 1 aliphatic carbocycles. The Balaban J connectivity index is 1.72. The first-order valence-electron chi connectivity index (χ1n) is 7.60. The van der Waals surface area contributed by atoms with Gasteiger partial charge >= 0.3 is 0 Å². The van der Waals surface area contributed by atoms with Gasteiger partial charge in [0.2, 0.25) is 0 Å². The molecule has 0 fully saturated rings. The lowest BCUT2D eigenvalue weighted by molar-refractivity contribution is -0.118. The third kappa shape index (κ3) is 3.35. The monoisotopic (exact) mass is 349 g/mol. The minimum absolute atomic E-state index is 0.112. The number of hydrogen-bond donors (Lipinski definition) is 1. The van der Waals surface area contributed by atoms with Gasteiger partial charge in [0.25, 0.3) is 5.91 Å². The SMILES string of the molecule is CC1CC(=O)c2c(OCC(=O)Nc3ccc(F)cc3F)ccc(F)c21. The smallest absolute Gasteiger partial charge is 0.262 e. The van der Waals surface area contributed by atoms with E-state index < -0.39 is 30.0 Å². The van der Waals surface area contributed by atoms with Gasteiger partial charge in [-0.15, -0.1) is 0 Å². The van der Waals surface area contributed by atoms with Crippen molar-refractivity contribution in [1.82, 2.24) is 0 Å². The Morgan fingerprint density at radius 1 is 1.20 bits per heavy atom. The van der Waals surface area contributed by atoms with Crippen molar-refractivity contribution in [2.45, 2.75) is 19.3 Å². The second-order valence-corrected chi connectivity index (χ2v) is 5.82. The van der Waals surface area contributed by atoms with Crippen LogP contribution in [-0.2, 0) is 4.79 Å². The lowest BCUT2D eigenvalue weighted by Gasteiger charge is -2.12. The van der Waals surface area contributed by atoms with Crippen molar-refractivity contribution in [3.05, 3.63) is 58.9 Å². The number of rotatable bonds is 4. The van der Waals surface area contributed by atoms with E-state index in [1.54, 1.807) is 6.92 Å². The molecule has 0 radical (unpaired) electrons. The lowest BCUT2D eigenvalue weighted by Crippen LogP contribution is -2.21. The summed E-state index contributed by atoms with van der Waals surface area (Å²) in [6, 6.07) is 5.20. The largest absolute Gasteiger partial charge is 0.483 e. The first kappa shape index (κ1) is 17.0. The van der Waals surface area contributed by atoms with Crippen molar-refractivity contribution in [3.8, 4) is 5.75 Å². The molecule has 4 nitrogen and oxygen atoms in total. The summed E-state index contributed by atoms with van der Waals surface area (Å²) >= 11 is 0. The topological polar surface area (TPSA) is 55.4 Å². The van der Waals surface area contributed by atoms with E-state index in [9.17, 15) is 22.8 Å². The zero-order chi connectivity index (χ0) is 18.1. The van der Waals surface area contributed by atoms with Crippen LogP contribution in [0.3, 0.4) is 0 Å². The molecule has 1 amide bonds. The summed E-state index contributed by atoms with van der Waals surface area (Å²) in [7, 11) is 0. The molecule has 7 heteroatoms. The number of ether oxygens (including phenoxy) is 1. The first-order valence-corrected chi connectivity index (χ1v) is 7.60. The molecular formula is C18H14F3NO3. The van der Waals surface area contributed by atoms with Crippen molar-refractivity contribution in [3.63, 3.8) is 0 Å². The molecule has 1 N–H and O–H groups in total. The van der Waals surface area contributed by atoms with Crippen LogP contribution in [-0.4, -0.2) is 18.3 Å². The number of ketones is 1. The molecule has 0 spiro atoms. The van der Waals surface area contributed by atoms with E-state index in [0.29, 0.717) is 6.07 Å². The molecule has 25 heavy (non-hydrogen) atoms. The van der Waals surface area contributed by atoms with Crippen LogP contribution in [0.4, 0.5) is 18.9 Å². The Hall–Kier alpha value is -2.83. The Bertz CT molecular complexity index is 867. The van der Waals surface area contributed by atoms with Crippen LogP contribution in [0.15, 0.2) is 30.3 Å². The normalized spacial score (nSPS) is 15.8. The maximum atomic E-state index is 13.9. The summed E-state index contributed by atoms with van der Waals surface area (Å²) in [5.41, 5.74) is 0.241.